The largest absolute Gasteiger partial charge is 0.459 e. The lowest BCUT2D eigenvalue weighted by Gasteiger charge is -2.42. The van der Waals surface area contributed by atoms with Crippen LogP contribution < -0.4 is 5.06 Å². The SMILES string of the molecule is COC1OC(COC(=O)c2ccccc2)C(=O)C(OC(=O)c2ccccc2)C1N(O)c1ccccc1. The van der Waals surface area contributed by atoms with Crippen molar-refractivity contribution < 1.29 is 38.5 Å². The minimum absolute atomic E-state index is 0.223. The summed E-state index contributed by atoms with van der Waals surface area (Å²) in [6, 6.07) is 23.6. The maximum atomic E-state index is 13.5. The number of carbonyl (C=O) groups is 3. The Kier molecular flexibility index (Phi) is 8.06. The molecule has 1 fully saturated rings. The first kappa shape index (κ1) is 25.1. The Bertz CT molecular complexity index is 1170. The summed E-state index contributed by atoms with van der Waals surface area (Å²) in [5, 5.41) is 11.8. The van der Waals surface area contributed by atoms with Crippen LogP contribution in [0.3, 0.4) is 0 Å². The highest BCUT2D eigenvalue weighted by atomic mass is 16.7. The van der Waals surface area contributed by atoms with Crippen LogP contribution in [0.5, 0.6) is 0 Å². The molecule has 1 heterocycles. The number of para-hydroxylation sites is 1. The van der Waals surface area contributed by atoms with E-state index in [0.29, 0.717) is 11.3 Å². The molecule has 3 aromatic rings. The summed E-state index contributed by atoms with van der Waals surface area (Å²) in [6.07, 6.45) is -4.00. The molecule has 4 atom stereocenters. The van der Waals surface area contributed by atoms with Gasteiger partial charge in [-0.25, -0.2) is 14.7 Å². The number of hydrogen-bond acceptors (Lipinski definition) is 9. The number of ketones is 1. The lowest BCUT2D eigenvalue weighted by molar-refractivity contribution is -0.222. The first-order valence-electron chi connectivity index (χ1n) is 11.2. The molecule has 3 aromatic carbocycles. The number of Topliss-reactive ketones (excluding diaryl/α,β-unsaturated/α-hetero) is 1. The minimum Gasteiger partial charge on any atom is -0.459 e. The summed E-state index contributed by atoms with van der Waals surface area (Å²) >= 11 is 0. The van der Waals surface area contributed by atoms with Gasteiger partial charge in [-0.2, -0.15) is 0 Å². The molecule has 36 heavy (non-hydrogen) atoms. The van der Waals surface area contributed by atoms with Crippen LogP contribution in [-0.2, 0) is 23.7 Å². The minimum atomic E-state index is -1.50. The molecule has 9 nitrogen and oxygen atoms in total. The van der Waals surface area contributed by atoms with Crippen LogP contribution in [0.1, 0.15) is 20.7 Å². The smallest absolute Gasteiger partial charge is 0.338 e. The van der Waals surface area contributed by atoms with Crippen molar-refractivity contribution in [1.29, 1.82) is 0 Å². The Morgan fingerprint density at radius 3 is 1.94 bits per heavy atom. The number of rotatable bonds is 8. The first-order chi connectivity index (χ1) is 17.5. The summed E-state index contributed by atoms with van der Waals surface area (Å²) in [7, 11) is 1.33. The number of hydrogen-bond donors (Lipinski definition) is 1. The van der Waals surface area contributed by atoms with E-state index in [-0.39, 0.29) is 5.56 Å². The van der Waals surface area contributed by atoms with Crippen molar-refractivity contribution in [3.63, 3.8) is 0 Å². The highest BCUT2D eigenvalue weighted by Gasteiger charge is 2.51. The number of carbonyl (C=O) groups excluding carboxylic acids is 3. The van der Waals surface area contributed by atoms with E-state index in [1.165, 1.54) is 7.11 Å². The lowest BCUT2D eigenvalue weighted by Crippen LogP contribution is -2.63. The van der Waals surface area contributed by atoms with Gasteiger partial charge >= 0.3 is 11.9 Å². The van der Waals surface area contributed by atoms with Gasteiger partial charge in [0.1, 0.15) is 6.61 Å². The Morgan fingerprint density at radius 1 is 0.861 bits per heavy atom. The van der Waals surface area contributed by atoms with Gasteiger partial charge in [-0.3, -0.25) is 10.0 Å². The average molecular weight is 491 g/mol. The van der Waals surface area contributed by atoms with Crippen LogP contribution in [0.4, 0.5) is 5.69 Å². The molecule has 1 N–H and O–H groups in total. The second kappa shape index (κ2) is 11.6. The third-order valence-electron chi connectivity index (χ3n) is 5.64. The number of anilines is 1. The third-order valence-corrected chi connectivity index (χ3v) is 5.64. The molecular formula is C27H25NO8. The van der Waals surface area contributed by atoms with E-state index in [0.717, 1.165) is 5.06 Å². The van der Waals surface area contributed by atoms with Crippen molar-refractivity contribution >= 4 is 23.4 Å². The maximum absolute atomic E-state index is 13.5. The number of ether oxygens (including phenoxy) is 4. The summed E-state index contributed by atoms with van der Waals surface area (Å²) < 4.78 is 22.1. The van der Waals surface area contributed by atoms with Gasteiger partial charge < -0.3 is 18.9 Å². The van der Waals surface area contributed by atoms with Gasteiger partial charge in [0.05, 0.1) is 16.8 Å². The van der Waals surface area contributed by atoms with Gasteiger partial charge in [-0.15, -0.1) is 0 Å². The maximum Gasteiger partial charge on any atom is 0.338 e. The van der Waals surface area contributed by atoms with Gasteiger partial charge in [0.25, 0.3) is 0 Å². The Hall–Kier alpha value is -4.05. The fourth-order valence-corrected chi connectivity index (χ4v) is 3.81. The van der Waals surface area contributed by atoms with E-state index in [4.69, 9.17) is 18.9 Å². The molecule has 0 saturated carbocycles. The van der Waals surface area contributed by atoms with Crippen molar-refractivity contribution in [1.82, 2.24) is 0 Å². The zero-order chi connectivity index (χ0) is 25.5. The molecule has 4 unspecified atom stereocenters. The summed E-state index contributed by atoms with van der Waals surface area (Å²) in [6.45, 7) is -0.435. The molecule has 186 valence electrons. The second-order valence-corrected chi connectivity index (χ2v) is 7.96. The van der Waals surface area contributed by atoms with Crippen molar-refractivity contribution in [2.24, 2.45) is 0 Å². The van der Waals surface area contributed by atoms with Gasteiger partial charge in [0, 0.05) is 7.11 Å². The molecule has 0 bridgehead atoms. The van der Waals surface area contributed by atoms with Gasteiger partial charge in [-0.1, -0.05) is 54.6 Å². The molecular weight excluding hydrogens is 466 g/mol. The first-order valence-corrected chi connectivity index (χ1v) is 11.2. The zero-order valence-electron chi connectivity index (χ0n) is 19.4. The quantitative estimate of drug-likeness (QED) is 0.375. The number of nitrogens with zero attached hydrogens (tertiary/aromatic N) is 1. The van der Waals surface area contributed by atoms with Crippen LogP contribution in [0.15, 0.2) is 91.0 Å². The summed E-state index contributed by atoms with van der Waals surface area (Å²) in [5.74, 6) is -2.10. The van der Waals surface area contributed by atoms with E-state index < -0.39 is 48.9 Å². The van der Waals surface area contributed by atoms with Crippen LogP contribution in [-0.4, -0.2) is 61.2 Å². The Labute approximate surface area is 207 Å². The van der Waals surface area contributed by atoms with Crippen molar-refractivity contribution in [3.05, 3.63) is 102 Å². The molecule has 1 saturated heterocycles. The molecule has 4 rings (SSSR count). The standard InChI is InChI=1S/C27H25NO8/c1-33-27-22(28(32)20-15-9-4-10-16-20)24(36-26(31)19-13-7-3-8-14-19)23(29)21(35-27)17-34-25(30)18-11-5-2-6-12-18/h2-16,21-22,24,27,32H,17H2,1H3. The van der Waals surface area contributed by atoms with E-state index in [1.807, 2.05) is 0 Å². The monoisotopic (exact) mass is 491 g/mol. The molecule has 0 spiro atoms. The lowest BCUT2D eigenvalue weighted by atomic mass is 9.97. The summed E-state index contributed by atoms with van der Waals surface area (Å²) in [5.41, 5.74) is 0.857. The fraction of sp³-hybridized carbons (Fsp3) is 0.222. The van der Waals surface area contributed by atoms with E-state index in [9.17, 15) is 19.6 Å². The topological polar surface area (TPSA) is 112 Å². The Balaban J connectivity index is 1.59. The number of hydroxylamine groups is 1. The van der Waals surface area contributed by atoms with Crippen molar-refractivity contribution in [2.45, 2.75) is 24.5 Å². The number of benzene rings is 3. The van der Waals surface area contributed by atoms with Crippen LogP contribution in [0.2, 0.25) is 0 Å². The molecule has 0 amide bonds. The van der Waals surface area contributed by atoms with E-state index in [2.05, 4.69) is 0 Å². The zero-order valence-corrected chi connectivity index (χ0v) is 19.4. The highest BCUT2D eigenvalue weighted by molar-refractivity contribution is 5.95. The van der Waals surface area contributed by atoms with Crippen molar-refractivity contribution in [2.75, 3.05) is 18.8 Å². The molecule has 1 aliphatic rings. The predicted molar refractivity (Wildman–Crippen MR) is 128 cm³/mol. The second-order valence-electron chi connectivity index (χ2n) is 7.96. The number of esters is 2. The summed E-state index contributed by atoms with van der Waals surface area (Å²) in [4.78, 5) is 38.7. The number of methoxy groups -OCH3 is 1. The molecule has 0 aliphatic carbocycles. The van der Waals surface area contributed by atoms with Crippen LogP contribution >= 0.6 is 0 Å². The van der Waals surface area contributed by atoms with E-state index in [1.54, 1.807) is 91.0 Å². The molecule has 9 heteroatoms. The highest BCUT2D eigenvalue weighted by Crippen LogP contribution is 2.29. The van der Waals surface area contributed by atoms with Gasteiger partial charge in [0.15, 0.2) is 24.5 Å². The normalized spacial score (nSPS) is 21.4. The third kappa shape index (κ3) is 5.60. The predicted octanol–water partition coefficient (Wildman–Crippen LogP) is 3.27. The van der Waals surface area contributed by atoms with Gasteiger partial charge in [-0.05, 0) is 36.4 Å². The molecule has 0 aromatic heterocycles. The Morgan fingerprint density at radius 2 is 1.39 bits per heavy atom. The molecule has 0 radical (unpaired) electrons. The van der Waals surface area contributed by atoms with Gasteiger partial charge in [0.2, 0.25) is 5.78 Å². The molecule has 1 aliphatic heterocycles. The van der Waals surface area contributed by atoms with Crippen molar-refractivity contribution in [3.8, 4) is 0 Å². The van der Waals surface area contributed by atoms with Crippen LogP contribution in [0.25, 0.3) is 0 Å². The average Bonchev–Trinajstić information content (AvgIpc) is 2.94. The van der Waals surface area contributed by atoms with Crippen LogP contribution in [0, 0.1) is 0 Å². The van der Waals surface area contributed by atoms with E-state index >= 15 is 0 Å². The fourth-order valence-electron chi connectivity index (χ4n) is 3.81.